The summed E-state index contributed by atoms with van der Waals surface area (Å²) in [6, 6.07) is 5.62. The van der Waals surface area contributed by atoms with Crippen LogP contribution in [-0.4, -0.2) is 17.0 Å². The number of carbonyl (C=O) groups is 1. The fraction of sp³-hybridized carbons (Fsp3) is 0.182. The zero-order valence-corrected chi connectivity index (χ0v) is 9.29. The van der Waals surface area contributed by atoms with E-state index in [9.17, 15) is 9.18 Å². The van der Waals surface area contributed by atoms with Crippen LogP contribution in [0.1, 0.15) is 17.4 Å². The molecule has 0 radical (unpaired) electrons. The van der Waals surface area contributed by atoms with Crippen LogP contribution in [0.3, 0.4) is 0 Å². The first-order chi connectivity index (χ1) is 7.65. The molecular weight excluding hydrogens is 233 g/mol. The molecule has 0 aromatic carbocycles. The summed E-state index contributed by atoms with van der Waals surface area (Å²) < 4.78 is 19.6. The maximum absolute atomic E-state index is 13.4. The second-order valence-electron chi connectivity index (χ2n) is 3.16. The van der Waals surface area contributed by atoms with Gasteiger partial charge in [0.05, 0.1) is 12.1 Å². The van der Waals surface area contributed by atoms with Gasteiger partial charge in [-0.2, -0.15) is 0 Å². The highest BCUT2D eigenvalue weighted by molar-refractivity contribution is 6.30. The number of pyridine rings is 1. The molecule has 2 rings (SSSR count). The standard InChI is InChI=1S/C11H9ClFNO2/c1-2-16-11(15)9-4-3-7(13)8-5-6-10(12)14(8)9/h3-6H,2H2,1H3. The molecule has 0 N–H and O–H groups in total. The monoisotopic (exact) mass is 241 g/mol. The molecule has 2 aromatic heterocycles. The van der Waals surface area contributed by atoms with Crippen molar-refractivity contribution in [2.45, 2.75) is 6.92 Å². The van der Waals surface area contributed by atoms with E-state index in [0.29, 0.717) is 0 Å². The van der Waals surface area contributed by atoms with Crippen molar-refractivity contribution >= 4 is 23.1 Å². The smallest absolute Gasteiger partial charge is 0.355 e. The van der Waals surface area contributed by atoms with E-state index < -0.39 is 11.8 Å². The summed E-state index contributed by atoms with van der Waals surface area (Å²) in [5, 5.41) is 0.276. The van der Waals surface area contributed by atoms with Crippen molar-refractivity contribution in [2.24, 2.45) is 0 Å². The number of fused-ring (bicyclic) bond motifs is 1. The molecule has 0 saturated heterocycles. The third-order valence-electron chi connectivity index (χ3n) is 2.19. The lowest BCUT2D eigenvalue weighted by atomic mass is 10.3. The minimum Gasteiger partial charge on any atom is -0.461 e. The SMILES string of the molecule is CCOC(=O)c1ccc(F)c2ccc(Cl)n12. The molecule has 16 heavy (non-hydrogen) atoms. The lowest BCUT2D eigenvalue weighted by Gasteiger charge is -2.06. The number of esters is 1. The van der Waals surface area contributed by atoms with E-state index in [4.69, 9.17) is 16.3 Å². The summed E-state index contributed by atoms with van der Waals surface area (Å²) in [6.07, 6.45) is 0. The summed E-state index contributed by atoms with van der Waals surface area (Å²) >= 11 is 5.88. The van der Waals surface area contributed by atoms with E-state index in [1.807, 2.05) is 0 Å². The normalized spacial score (nSPS) is 10.7. The van der Waals surface area contributed by atoms with Gasteiger partial charge in [-0.3, -0.25) is 4.40 Å². The predicted molar refractivity (Wildman–Crippen MR) is 58.3 cm³/mol. The van der Waals surface area contributed by atoms with E-state index in [-0.39, 0.29) is 23.0 Å². The van der Waals surface area contributed by atoms with Crippen LogP contribution in [-0.2, 0) is 4.74 Å². The molecule has 0 amide bonds. The van der Waals surface area contributed by atoms with E-state index in [2.05, 4.69) is 0 Å². The Morgan fingerprint density at radius 1 is 1.44 bits per heavy atom. The van der Waals surface area contributed by atoms with Crippen molar-refractivity contribution in [3.05, 3.63) is 40.9 Å². The summed E-state index contributed by atoms with van der Waals surface area (Å²) in [4.78, 5) is 11.6. The van der Waals surface area contributed by atoms with Crippen LogP contribution >= 0.6 is 11.6 Å². The van der Waals surface area contributed by atoms with Crippen LogP contribution in [0, 0.1) is 5.82 Å². The second-order valence-corrected chi connectivity index (χ2v) is 3.55. The summed E-state index contributed by atoms with van der Waals surface area (Å²) in [5.74, 6) is -0.953. The maximum atomic E-state index is 13.4. The molecule has 0 spiro atoms. The second kappa shape index (κ2) is 4.14. The Bertz CT molecular complexity index is 550. The first-order valence-corrected chi connectivity index (χ1v) is 5.15. The number of rotatable bonds is 2. The van der Waals surface area contributed by atoms with Crippen LogP contribution in [0.15, 0.2) is 24.3 Å². The van der Waals surface area contributed by atoms with Gasteiger partial charge in [-0.05, 0) is 31.2 Å². The number of nitrogens with zero attached hydrogens (tertiary/aromatic N) is 1. The number of aromatic nitrogens is 1. The molecule has 84 valence electrons. The van der Waals surface area contributed by atoms with Gasteiger partial charge in [0.2, 0.25) is 0 Å². The van der Waals surface area contributed by atoms with Crippen LogP contribution in [0.25, 0.3) is 5.52 Å². The fourth-order valence-electron chi connectivity index (χ4n) is 1.52. The predicted octanol–water partition coefficient (Wildman–Crippen LogP) is 2.91. The van der Waals surface area contributed by atoms with Gasteiger partial charge in [0.15, 0.2) is 0 Å². The molecule has 0 aliphatic rings. The number of halogens is 2. The lowest BCUT2D eigenvalue weighted by molar-refractivity contribution is 0.0517. The third-order valence-corrected chi connectivity index (χ3v) is 2.49. The van der Waals surface area contributed by atoms with Crippen LogP contribution in [0.4, 0.5) is 4.39 Å². The molecule has 5 heteroatoms. The van der Waals surface area contributed by atoms with Crippen LogP contribution < -0.4 is 0 Å². The van der Waals surface area contributed by atoms with Crippen LogP contribution in [0.5, 0.6) is 0 Å². The Kier molecular flexibility index (Phi) is 2.83. The molecular formula is C11H9ClFNO2. The molecule has 0 aliphatic heterocycles. The summed E-state index contributed by atoms with van der Waals surface area (Å²) in [7, 11) is 0. The highest BCUT2D eigenvalue weighted by Crippen LogP contribution is 2.21. The summed E-state index contributed by atoms with van der Waals surface area (Å²) in [5.41, 5.74) is 0.476. The van der Waals surface area contributed by atoms with Gasteiger partial charge in [0.1, 0.15) is 16.7 Å². The Morgan fingerprint density at radius 3 is 2.88 bits per heavy atom. The largest absolute Gasteiger partial charge is 0.461 e. The summed E-state index contributed by atoms with van der Waals surface area (Å²) in [6.45, 7) is 1.96. The van der Waals surface area contributed by atoms with Gasteiger partial charge >= 0.3 is 5.97 Å². The van der Waals surface area contributed by atoms with Gasteiger partial charge in [0.25, 0.3) is 0 Å². The van der Waals surface area contributed by atoms with Gasteiger partial charge < -0.3 is 4.74 Å². The molecule has 0 saturated carbocycles. The van der Waals surface area contributed by atoms with Crippen molar-refractivity contribution in [3.63, 3.8) is 0 Å². The number of hydrogen-bond acceptors (Lipinski definition) is 2. The van der Waals surface area contributed by atoms with E-state index in [0.717, 1.165) is 0 Å². The first-order valence-electron chi connectivity index (χ1n) is 4.77. The van der Waals surface area contributed by atoms with Gasteiger partial charge in [-0.1, -0.05) is 11.6 Å². The zero-order valence-electron chi connectivity index (χ0n) is 8.54. The van der Waals surface area contributed by atoms with Crippen molar-refractivity contribution in [1.82, 2.24) is 4.40 Å². The molecule has 0 bridgehead atoms. The van der Waals surface area contributed by atoms with Crippen molar-refractivity contribution in [1.29, 1.82) is 0 Å². The Hall–Kier alpha value is -1.55. The third kappa shape index (κ3) is 1.65. The topological polar surface area (TPSA) is 30.7 Å². The van der Waals surface area contributed by atoms with E-state index >= 15 is 0 Å². The number of carbonyl (C=O) groups excluding carboxylic acids is 1. The molecule has 0 aliphatic carbocycles. The van der Waals surface area contributed by atoms with Gasteiger partial charge in [-0.25, -0.2) is 9.18 Å². The first kappa shape index (κ1) is 11.0. The van der Waals surface area contributed by atoms with Crippen molar-refractivity contribution in [2.75, 3.05) is 6.61 Å². The Labute approximate surface area is 96.4 Å². The average Bonchev–Trinajstić information content (AvgIpc) is 2.63. The number of ether oxygens (including phenoxy) is 1. The lowest BCUT2D eigenvalue weighted by Crippen LogP contribution is -2.10. The Morgan fingerprint density at radius 2 is 2.19 bits per heavy atom. The van der Waals surface area contributed by atoms with E-state index in [1.165, 1.54) is 28.7 Å². The quantitative estimate of drug-likeness (QED) is 0.757. The molecule has 0 fully saturated rings. The fourth-order valence-corrected chi connectivity index (χ4v) is 1.76. The molecule has 0 unspecified atom stereocenters. The minimum absolute atomic E-state index is 0.216. The molecule has 3 nitrogen and oxygen atoms in total. The number of hydrogen-bond donors (Lipinski definition) is 0. The van der Waals surface area contributed by atoms with Crippen LogP contribution in [0.2, 0.25) is 5.15 Å². The Balaban J connectivity index is 2.66. The zero-order chi connectivity index (χ0) is 11.7. The van der Waals surface area contributed by atoms with Gasteiger partial charge in [-0.15, -0.1) is 0 Å². The average molecular weight is 242 g/mol. The van der Waals surface area contributed by atoms with E-state index in [1.54, 1.807) is 6.92 Å². The van der Waals surface area contributed by atoms with Crippen molar-refractivity contribution < 1.29 is 13.9 Å². The maximum Gasteiger partial charge on any atom is 0.355 e. The van der Waals surface area contributed by atoms with Gasteiger partial charge in [0, 0.05) is 0 Å². The molecule has 0 atom stereocenters. The molecule has 2 aromatic rings. The highest BCUT2D eigenvalue weighted by atomic mass is 35.5. The minimum atomic E-state index is -0.523. The highest BCUT2D eigenvalue weighted by Gasteiger charge is 2.15. The molecule has 2 heterocycles. The van der Waals surface area contributed by atoms with Crippen molar-refractivity contribution in [3.8, 4) is 0 Å².